The molecule has 1 atom stereocenters. The second kappa shape index (κ2) is 8.55. The van der Waals surface area contributed by atoms with Crippen molar-refractivity contribution < 1.29 is 14.3 Å². The van der Waals surface area contributed by atoms with E-state index < -0.39 is 5.97 Å². The summed E-state index contributed by atoms with van der Waals surface area (Å²) >= 11 is 1.60. The summed E-state index contributed by atoms with van der Waals surface area (Å²) < 4.78 is 13.2. The number of benzene rings is 3. The Labute approximate surface area is 189 Å². The van der Waals surface area contributed by atoms with Crippen LogP contribution in [0.3, 0.4) is 0 Å². The maximum absolute atomic E-state index is 13.2. The predicted octanol–water partition coefficient (Wildman–Crippen LogP) is 6.19. The van der Waals surface area contributed by atoms with Gasteiger partial charge in [-0.05, 0) is 35.2 Å². The number of hydrogen-bond acceptors (Lipinski definition) is 4. The van der Waals surface area contributed by atoms with Gasteiger partial charge >= 0.3 is 5.97 Å². The first-order chi connectivity index (χ1) is 15.6. The zero-order chi connectivity index (χ0) is 22.1. The number of aromatic nitrogens is 1. The van der Waals surface area contributed by atoms with Crippen molar-refractivity contribution in [3.8, 4) is 32.8 Å². The number of aliphatic carboxylic acids is 1. The van der Waals surface area contributed by atoms with E-state index in [1.165, 1.54) is 12.1 Å². The van der Waals surface area contributed by atoms with Crippen LogP contribution in [0.25, 0.3) is 32.8 Å². The molecule has 1 aliphatic rings. The fourth-order valence-electron chi connectivity index (χ4n) is 4.02. The van der Waals surface area contributed by atoms with Crippen LogP contribution >= 0.6 is 11.3 Å². The van der Waals surface area contributed by atoms with Gasteiger partial charge in [-0.15, -0.1) is 0 Å². The van der Waals surface area contributed by atoms with E-state index in [1.807, 2.05) is 42.5 Å². The minimum Gasteiger partial charge on any atom is -0.481 e. The van der Waals surface area contributed by atoms with E-state index in [-0.39, 0.29) is 11.7 Å². The Kier molecular flexibility index (Phi) is 5.45. The molecule has 32 heavy (non-hydrogen) atoms. The number of anilines is 1. The van der Waals surface area contributed by atoms with Gasteiger partial charge in [-0.25, -0.2) is 9.37 Å². The molecular weight excluding hydrogens is 423 g/mol. The molecule has 1 saturated heterocycles. The van der Waals surface area contributed by atoms with E-state index in [0.29, 0.717) is 19.5 Å². The molecule has 1 aromatic heterocycles. The van der Waals surface area contributed by atoms with Crippen molar-refractivity contribution >= 4 is 22.4 Å². The SMILES string of the molecule is O=C(O)C1CCN(c2nc(-c3ccc(-c4ccc(F)cc4)cc3)c(-c3ccccc3)s2)C1. The third kappa shape index (κ3) is 4.01. The summed E-state index contributed by atoms with van der Waals surface area (Å²) in [6.45, 7) is 1.18. The van der Waals surface area contributed by atoms with Gasteiger partial charge in [0.25, 0.3) is 0 Å². The summed E-state index contributed by atoms with van der Waals surface area (Å²) in [5.74, 6) is -1.35. The molecule has 0 bridgehead atoms. The van der Waals surface area contributed by atoms with Crippen molar-refractivity contribution in [2.24, 2.45) is 5.92 Å². The van der Waals surface area contributed by atoms with Gasteiger partial charge in [-0.2, -0.15) is 0 Å². The Morgan fingerprint density at radius 1 is 0.906 bits per heavy atom. The lowest BCUT2D eigenvalue weighted by Gasteiger charge is -2.13. The Bertz CT molecular complexity index is 1240. The predicted molar refractivity (Wildman–Crippen MR) is 126 cm³/mol. The topological polar surface area (TPSA) is 53.4 Å². The molecule has 0 spiro atoms. The normalized spacial score (nSPS) is 15.8. The Morgan fingerprint density at radius 2 is 1.53 bits per heavy atom. The van der Waals surface area contributed by atoms with Crippen LogP contribution in [-0.4, -0.2) is 29.1 Å². The van der Waals surface area contributed by atoms with Crippen LogP contribution in [0.5, 0.6) is 0 Å². The lowest BCUT2D eigenvalue weighted by atomic mass is 10.0. The summed E-state index contributed by atoms with van der Waals surface area (Å²) in [5, 5.41) is 10.2. The highest BCUT2D eigenvalue weighted by Gasteiger charge is 2.30. The van der Waals surface area contributed by atoms with Gasteiger partial charge in [0, 0.05) is 18.7 Å². The van der Waals surface area contributed by atoms with E-state index in [0.717, 1.165) is 38.0 Å². The lowest BCUT2D eigenvalue weighted by Crippen LogP contribution is -2.22. The molecule has 4 aromatic rings. The first-order valence-electron chi connectivity index (χ1n) is 10.5. The number of carboxylic acid groups (broad SMARTS) is 1. The number of halogens is 1. The number of carboxylic acids is 1. The van der Waals surface area contributed by atoms with Gasteiger partial charge < -0.3 is 10.0 Å². The van der Waals surface area contributed by atoms with Crippen LogP contribution in [0, 0.1) is 11.7 Å². The first-order valence-corrected chi connectivity index (χ1v) is 11.3. The second-order valence-electron chi connectivity index (χ2n) is 7.89. The van der Waals surface area contributed by atoms with Crippen molar-refractivity contribution in [3.05, 3.63) is 84.7 Å². The fourth-order valence-corrected chi connectivity index (χ4v) is 5.15. The molecule has 0 amide bonds. The van der Waals surface area contributed by atoms with E-state index >= 15 is 0 Å². The molecule has 1 fully saturated rings. The van der Waals surface area contributed by atoms with Gasteiger partial charge in [0.15, 0.2) is 5.13 Å². The molecule has 3 aromatic carbocycles. The maximum Gasteiger partial charge on any atom is 0.308 e. The Hall–Kier alpha value is -3.51. The van der Waals surface area contributed by atoms with Crippen molar-refractivity contribution in [2.45, 2.75) is 6.42 Å². The summed E-state index contributed by atoms with van der Waals surface area (Å²) in [5.41, 5.74) is 4.93. The summed E-state index contributed by atoms with van der Waals surface area (Å²) in [7, 11) is 0. The van der Waals surface area contributed by atoms with Gasteiger partial charge in [0.05, 0.1) is 16.5 Å². The van der Waals surface area contributed by atoms with E-state index in [9.17, 15) is 14.3 Å². The highest BCUT2D eigenvalue weighted by Crippen LogP contribution is 2.41. The number of hydrogen-bond donors (Lipinski definition) is 1. The van der Waals surface area contributed by atoms with E-state index in [1.54, 1.807) is 23.5 Å². The molecule has 6 heteroatoms. The number of thiazole rings is 1. The molecule has 1 unspecified atom stereocenters. The Morgan fingerprint density at radius 3 is 2.16 bits per heavy atom. The standard InChI is InChI=1S/C26H21FN2O2S/c27-22-12-10-18(11-13-22)17-6-8-19(9-7-17)23-24(20-4-2-1-3-5-20)32-26(28-23)29-15-14-21(16-29)25(30)31/h1-13,21H,14-16H2,(H,30,31). The van der Waals surface area contributed by atoms with Gasteiger partial charge in [0.1, 0.15) is 5.82 Å². The molecule has 2 heterocycles. The monoisotopic (exact) mass is 444 g/mol. The van der Waals surface area contributed by atoms with Gasteiger partial charge in [0.2, 0.25) is 0 Å². The largest absolute Gasteiger partial charge is 0.481 e. The van der Waals surface area contributed by atoms with E-state index in [4.69, 9.17) is 4.98 Å². The van der Waals surface area contributed by atoms with E-state index in [2.05, 4.69) is 17.0 Å². The number of carbonyl (C=O) groups is 1. The molecule has 4 nitrogen and oxygen atoms in total. The lowest BCUT2D eigenvalue weighted by molar-refractivity contribution is -0.140. The molecule has 0 saturated carbocycles. The maximum atomic E-state index is 13.2. The zero-order valence-electron chi connectivity index (χ0n) is 17.2. The summed E-state index contributed by atoms with van der Waals surface area (Å²) in [6, 6.07) is 24.7. The summed E-state index contributed by atoms with van der Waals surface area (Å²) in [4.78, 5) is 19.5. The molecule has 1 N–H and O–H groups in total. The molecule has 0 aliphatic carbocycles. The van der Waals surface area contributed by atoms with Gasteiger partial charge in [-0.1, -0.05) is 78.1 Å². The Balaban J connectivity index is 1.51. The zero-order valence-corrected chi connectivity index (χ0v) is 18.1. The van der Waals surface area contributed by atoms with Crippen LogP contribution in [0.15, 0.2) is 78.9 Å². The van der Waals surface area contributed by atoms with Crippen molar-refractivity contribution in [1.82, 2.24) is 4.98 Å². The first kappa shape index (κ1) is 20.4. The van der Waals surface area contributed by atoms with Crippen LogP contribution in [-0.2, 0) is 4.79 Å². The molecule has 0 radical (unpaired) electrons. The van der Waals surface area contributed by atoms with Crippen LogP contribution in [0.4, 0.5) is 9.52 Å². The summed E-state index contributed by atoms with van der Waals surface area (Å²) in [6.07, 6.45) is 0.636. The third-order valence-electron chi connectivity index (χ3n) is 5.80. The third-order valence-corrected chi connectivity index (χ3v) is 6.96. The average molecular weight is 445 g/mol. The molecule has 160 valence electrons. The van der Waals surface area contributed by atoms with Crippen LogP contribution < -0.4 is 4.90 Å². The molecular formula is C26H21FN2O2S. The highest BCUT2D eigenvalue weighted by molar-refractivity contribution is 7.19. The van der Waals surface area contributed by atoms with Crippen LogP contribution in [0.1, 0.15) is 6.42 Å². The number of nitrogens with zero attached hydrogens (tertiary/aromatic N) is 2. The van der Waals surface area contributed by atoms with Crippen molar-refractivity contribution in [2.75, 3.05) is 18.0 Å². The van der Waals surface area contributed by atoms with Gasteiger partial charge in [-0.3, -0.25) is 4.79 Å². The average Bonchev–Trinajstić information content (AvgIpc) is 3.48. The smallest absolute Gasteiger partial charge is 0.308 e. The highest BCUT2D eigenvalue weighted by atomic mass is 32.1. The molecule has 1 aliphatic heterocycles. The minimum atomic E-state index is -0.746. The quantitative estimate of drug-likeness (QED) is 0.399. The van der Waals surface area contributed by atoms with Crippen LogP contribution in [0.2, 0.25) is 0 Å². The fraction of sp³-hybridized carbons (Fsp3) is 0.154. The molecule has 5 rings (SSSR count). The van der Waals surface area contributed by atoms with Crippen molar-refractivity contribution in [1.29, 1.82) is 0 Å². The second-order valence-corrected chi connectivity index (χ2v) is 8.87. The minimum absolute atomic E-state index is 0.250. The van der Waals surface area contributed by atoms with Crippen molar-refractivity contribution in [3.63, 3.8) is 0 Å². The number of rotatable bonds is 5.